The second kappa shape index (κ2) is 4.29. The molecule has 6 nitrogen and oxygen atoms in total. The third-order valence-corrected chi connectivity index (χ3v) is 3.37. The number of phenolic OH excluding ortho intramolecular Hbond substituents is 1. The Morgan fingerprint density at radius 3 is 2.50 bits per heavy atom. The first-order valence-corrected chi connectivity index (χ1v) is 5.70. The van der Waals surface area contributed by atoms with E-state index in [0.717, 1.165) is 5.01 Å². The molecule has 2 atom stereocenters. The molecule has 1 saturated heterocycles. The molecule has 1 heterocycles. The van der Waals surface area contributed by atoms with Gasteiger partial charge in [-0.1, -0.05) is 25.1 Å². The quantitative estimate of drug-likeness (QED) is 0.758. The van der Waals surface area contributed by atoms with E-state index < -0.39 is 12.0 Å². The molecule has 1 fully saturated rings. The van der Waals surface area contributed by atoms with E-state index in [2.05, 4.69) is 0 Å². The SMILES string of the molecule is CC1C(=O)N(C)[N+](=O)N(C)C1c1ccccc1O. The van der Waals surface area contributed by atoms with E-state index in [4.69, 9.17) is 0 Å². The number of nitrogens with zero attached hydrogens (tertiary/aromatic N) is 3. The molecule has 1 amide bonds. The lowest BCUT2D eigenvalue weighted by atomic mass is 9.92. The smallest absolute Gasteiger partial charge is 0.290 e. The van der Waals surface area contributed by atoms with Gasteiger partial charge in [-0.2, -0.15) is 0 Å². The van der Waals surface area contributed by atoms with E-state index >= 15 is 0 Å². The maximum absolute atomic E-state index is 12.0. The summed E-state index contributed by atoms with van der Waals surface area (Å²) < 4.78 is 0. The average Bonchev–Trinajstić information content (AvgIpc) is 2.36. The molecular weight excluding hydrogens is 234 g/mol. The lowest BCUT2D eigenvalue weighted by Crippen LogP contribution is -2.55. The van der Waals surface area contributed by atoms with Crippen LogP contribution in [0.2, 0.25) is 0 Å². The molecular formula is C12H16N3O3+. The van der Waals surface area contributed by atoms with Crippen LogP contribution in [0.1, 0.15) is 18.5 Å². The third-order valence-electron chi connectivity index (χ3n) is 3.37. The number of aromatic hydroxyl groups is 1. The number of rotatable bonds is 1. The number of hydrogen-bond donors (Lipinski definition) is 1. The Bertz CT molecular complexity index is 481. The van der Waals surface area contributed by atoms with Crippen LogP contribution in [0, 0.1) is 10.8 Å². The number of amides is 1. The second-order valence-electron chi connectivity index (χ2n) is 4.48. The van der Waals surface area contributed by atoms with Crippen molar-refractivity contribution in [2.75, 3.05) is 14.1 Å². The van der Waals surface area contributed by atoms with Crippen molar-refractivity contribution in [1.82, 2.24) is 10.0 Å². The number of nitroso groups, excluding NO2 is 1. The molecule has 1 N–H and O–H groups in total. The molecule has 0 bridgehead atoms. The molecule has 0 aromatic heterocycles. The van der Waals surface area contributed by atoms with E-state index in [1.165, 1.54) is 12.1 Å². The highest BCUT2D eigenvalue weighted by molar-refractivity contribution is 5.78. The Balaban J connectivity index is 2.46. The molecule has 0 aliphatic carbocycles. The average molecular weight is 250 g/mol. The Morgan fingerprint density at radius 1 is 1.28 bits per heavy atom. The topological polar surface area (TPSA) is 63.9 Å². The monoisotopic (exact) mass is 250 g/mol. The molecule has 18 heavy (non-hydrogen) atoms. The van der Waals surface area contributed by atoms with E-state index in [0.29, 0.717) is 10.5 Å². The maximum atomic E-state index is 12.0. The van der Waals surface area contributed by atoms with Crippen LogP contribution in [0.5, 0.6) is 5.75 Å². The van der Waals surface area contributed by atoms with Crippen molar-refractivity contribution in [3.05, 3.63) is 34.7 Å². The minimum atomic E-state index is -0.465. The first-order chi connectivity index (χ1) is 8.45. The summed E-state index contributed by atoms with van der Waals surface area (Å²) in [5.41, 5.74) is 0.579. The maximum Gasteiger partial charge on any atom is 0.290 e. The van der Waals surface area contributed by atoms with Gasteiger partial charge in [-0.05, 0) is 11.1 Å². The molecule has 1 aromatic carbocycles. The van der Waals surface area contributed by atoms with Gasteiger partial charge in [0.15, 0.2) is 0 Å². The van der Waals surface area contributed by atoms with Crippen molar-refractivity contribution < 1.29 is 14.9 Å². The van der Waals surface area contributed by atoms with Gasteiger partial charge in [-0.25, -0.2) is 0 Å². The highest BCUT2D eigenvalue weighted by Crippen LogP contribution is 2.36. The van der Waals surface area contributed by atoms with Crippen LogP contribution in [0.25, 0.3) is 0 Å². The number of para-hydroxylation sites is 1. The van der Waals surface area contributed by atoms with E-state index in [-0.39, 0.29) is 11.7 Å². The van der Waals surface area contributed by atoms with Crippen molar-refractivity contribution in [2.45, 2.75) is 13.0 Å². The standard InChI is InChI=1S/C12H15N3O3/c1-8-11(9-6-4-5-7-10(9)16)13(2)15(18)14(3)12(8)17/h4-8,11H,1-3H3/p+1. The van der Waals surface area contributed by atoms with E-state index in [1.54, 1.807) is 38.2 Å². The summed E-state index contributed by atoms with van der Waals surface area (Å²) in [4.78, 5) is 24.3. The van der Waals surface area contributed by atoms with Crippen molar-refractivity contribution in [3.8, 4) is 5.75 Å². The lowest BCUT2D eigenvalue weighted by Gasteiger charge is -2.32. The summed E-state index contributed by atoms with van der Waals surface area (Å²) in [6, 6.07) is 6.28. The minimum absolute atomic E-state index is 0.0898. The summed E-state index contributed by atoms with van der Waals surface area (Å²) in [6.45, 7) is 1.75. The second-order valence-corrected chi connectivity index (χ2v) is 4.48. The number of carbonyl (C=O) groups is 1. The fourth-order valence-corrected chi connectivity index (χ4v) is 2.36. The molecule has 2 unspecified atom stereocenters. The van der Waals surface area contributed by atoms with Gasteiger partial charge in [0.2, 0.25) is 0 Å². The van der Waals surface area contributed by atoms with Crippen LogP contribution >= 0.6 is 0 Å². The molecule has 1 aliphatic rings. The molecule has 2 rings (SSSR count). The summed E-state index contributed by atoms with van der Waals surface area (Å²) in [6.07, 6.45) is 0. The molecule has 0 spiro atoms. The first kappa shape index (κ1) is 12.3. The predicted octanol–water partition coefficient (Wildman–Crippen LogP) is 1.08. The van der Waals surface area contributed by atoms with E-state index in [1.807, 2.05) is 0 Å². The van der Waals surface area contributed by atoms with Crippen molar-refractivity contribution in [2.24, 2.45) is 5.92 Å². The van der Waals surface area contributed by atoms with Gasteiger partial charge >= 0.3 is 0 Å². The molecule has 0 radical (unpaired) electrons. The number of hydrogen-bond acceptors (Lipinski definition) is 3. The molecule has 1 aliphatic heterocycles. The summed E-state index contributed by atoms with van der Waals surface area (Å²) in [7, 11) is 3.03. The summed E-state index contributed by atoms with van der Waals surface area (Å²) >= 11 is 0. The first-order valence-electron chi connectivity index (χ1n) is 5.70. The van der Waals surface area contributed by atoms with Gasteiger partial charge in [0.05, 0.1) is 24.9 Å². The predicted molar refractivity (Wildman–Crippen MR) is 64.2 cm³/mol. The Morgan fingerprint density at radius 2 is 1.89 bits per heavy atom. The van der Waals surface area contributed by atoms with Crippen LogP contribution in [0.15, 0.2) is 24.3 Å². The molecule has 1 aromatic rings. The number of phenols is 1. The minimum Gasteiger partial charge on any atom is -0.508 e. The van der Waals surface area contributed by atoms with Crippen LogP contribution in [0.3, 0.4) is 0 Å². The van der Waals surface area contributed by atoms with Gasteiger partial charge in [0.1, 0.15) is 11.8 Å². The van der Waals surface area contributed by atoms with E-state index in [9.17, 15) is 14.8 Å². The van der Waals surface area contributed by atoms with Crippen LogP contribution in [-0.2, 0) is 4.79 Å². The van der Waals surface area contributed by atoms with Crippen molar-refractivity contribution >= 4 is 5.91 Å². The molecule has 0 saturated carbocycles. The number of carbonyl (C=O) groups excluding carboxylic acids is 1. The zero-order chi connectivity index (χ0) is 13.4. The summed E-state index contributed by atoms with van der Waals surface area (Å²) in [5, 5.41) is 12.3. The number of benzene rings is 1. The zero-order valence-electron chi connectivity index (χ0n) is 10.6. The normalized spacial score (nSPS) is 24.6. The lowest BCUT2D eigenvalue weighted by molar-refractivity contribution is -0.823. The van der Waals surface area contributed by atoms with Gasteiger partial charge in [0.25, 0.3) is 10.9 Å². The highest BCUT2D eigenvalue weighted by atomic mass is 16.4. The summed E-state index contributed by atoms with van der Waals surface area (Å²) in [5.74, 6) is -0.582. The molecule has 6 heteroatoms. The van der Waals surface area contributed by atoms with Crippen molar-refractivity contribution in [1.29, 1.82) is 0 Å². The fraction of sp³-hybridized carbons (Fsp3) is 0.417. The fourth-order valence-electron chi connectivity index (χ4n) is 2.36. The highest BCUT2D eigenvalue weighted by Gasteiger charge is 2.48. The van der Waals surface area contributed by atoms with Gasteiger partial charge in [-0.15, -0.1) is 5.01 Å². The largest absolute Gasteiger partial charge is 0.508 e. The van der Waals surface area contributed by atoms with Gasteiger partial charge in [0, 0.05) is 5.56 Å². The Kier molecular flexibility index (Phi) is 2.94. The molecule has 96 valence electrons. The van der Waals surface area contributed by atoms with Crippen molar-refractivity contribution in [3.63, 3.8) is 0 Å². The van der Waals surface area contributed by atoms with Gasteiger partial charge in [-0.3, -0.25) is 4.79 Å². The van der Waals surface area contributed by atoms with Crippen LogP contribution in [-0.4, -0.2) is 40.1 Å². The third kappa shape index (κ3) is 1.70. The Hall–Kier alpha value is -2.11. The van der Waals surface area contributed by atoms with Crippen LogP contribution in [0.4, 0.5) is 0 Å². The Labute approximate surface area is 105 Å². The van der Waals surface area contributed by atoms with Gasteiger partial charge < -0.3 is 5.11 Å². The van der Waals surface area contributed by atoms with Crippen LogP contribution < -0.4 is 0 Å². The number of hydrazine groups is 2. The zero-order valence-corrected chi connectivity index (χ0v) is 10.6.